The standard InChI is InChI=1S/C8H9F3N4OS/c1-15-3-2-4(5(15)16)12-7-13-6(14-17-7)8(9,10)11/h4H,2-3H2,1H3,(H,12,13,14). The van der Waals surface area contributed by atoms with Gasteiger partial charge in [-0.05, 0) is 6.42 Å². The van der Waals surface area contributed by atoms with Gasteiger partial charge in [-0.15, -0.1) is 0 Å². The number of nitrogens with zero attached hydrogens (tertiary/aromatic N) is 3. The molecular weight excluding hydrogens is 257 g/mol. The fourth-order valence-corrected chi connectivity index (χ4v) is 2.14. The van der Waals surface area contributed by atoms with Gasteiger partial charge in [0.05, 0.1) is 0 Å². The van der Waals surface area contributed by atoms with E-state index in [4.69, 9.17) is 0 Å². The van der Waals surface area contributed by atoms with Gasteiger partial charge in [-0.3, -0.25) is 4.79 Å². The maximum atomic E-state index is 12.2. The van der Waals surface area contributed by atoms with E-state index >= 15 is 0 Å². The number of aromatic nitrogens is 2. The van der Waals surface area contributed by atoms with E-state index in [9.17, 15) is 18.0 Å². The zero-order chi connectivity index (χ0) is 12.6. The molecule has 1 unspecified atom stereocenters. The third-order valence-electron chi connectivity index (χ3n) is 2.40. The highest BCUT2D eigenvalue weighted by Crippen LogP contribution is 2.29. The Morgan fingerprint density at radius 2 is 2.24 bits per heavy atom. The summed E-state index contributed by atoms with van der Waals surface area (Å²) in [6.45, 7) is 0.585. The first-order valence-corrected chi connectivity index (χ1v) is 5.57. The molecule has 1 aromatic rings. The van der Waals surface area contributed by atoms with Gasteiger partial charge >= 0.3 is 6.18 Å². The third kappa shape index (κ3) is 2.48. The van der Waals surface area contributed by atoms with Crippen molar-refractivity contribution < 1.29 is 18.0 Å². The molecule has 1 aliphatic heterocycles. The van der Waals surface area contributed by atoms with Crippen LogP contribution in [0.25, 0.3) is 0 Å². The average molecular weight is 266 g/mol. The molecule has 1 atom stereocenters. The molecule has 1 saturated heterocycles. The van der Waals surface area contributed by atoms with E-state index < -0.39 is 18.0 Å². The van der Waals surface area contributed by atoms with Crippen molar-refractivity contribution in [3.63, 3.8) is 0 Å². The summed E-state index contributed by atoms with van der Waals surface area (Å²) in [7, 11) is 1.64. The predicted molar refractivity (Wildman–Crippen MR) is 54.6 cm³/mol. The summed E-state index contributed by atoms with van der Waals surface area (Å²) in [6.07, 6.45) is -4.00. The average Bonchev–Trinajstić information content (AvgIpc) is 2.80. The van der Waals surface area contributed by atoms with Gasteiger partial charge in [0.25, 0.3) is 0 Å². The Labute approximate surface area is 98.8 Å². The van der Waals surface area contributed by atoms with Crippen LogP contribution in [-0.4, -0.2) is 39.8 Å². The lowest BCUT2D eigenvalue weighted by Crippen LogP contribution is -2.30. The quantitative estimate of drug-likeness (QED) is 0.873. The molecule has 2 rings (SSSR count). The second-order valence-electron chi connectivity index (χ2n) is 3.67. The molecule has 1 aliphatic rings. The third-order valence-corrected chi connectivity index (χ3v) is 3.05. The number of alkyl halides is 3. The van der Waals surface area contributed by atoms with Crippen molar-refractivity contribution >= 4 is 22.6 Å². The van der Waals surface area contributed by atoms with Crippen molar-refractivity contribution in [2.45, 2.75) is 18.6 Å². The fourth-order valence-electron chi connectivity index (χ4n) is 1.50. The first-order chi connectivity index (χ1) is 7.88. The summed E-state index contributed by atoms with van der Waals surface area (Å²) < 4.78 is 39.9. The van der Waals surface area contributed by atoms with Gasteiger partial charge in [-0.1, -0.05) is 0 Å². The van der Waals surface area contributed by atoms with Crippen molar-refractivity contribution in [1.82, 2.24) is 14.3 Å². The monoisotopic (exact) mass is 266 g/mol. The van der Waals surface area contributed by atoms with Crippen LogP contribution in [0.2, 0.25) is 0 Å². The molecule has 0 spiro atoms. The summed E-state index contributed by atoms with van der Waals surface area (Å²) >= 11 is 0.604. The smallest absolute Gasteiger partial charge is 0.348 e. The second kappa shape index (κ2) is 4.13. The Morgan fingerprint density at radius 3 is 2.71 bits per heavy atom. The highest BCUT2D eigenvalue weighted by atomic mass is 32.1. The lowest BCUT2D eigenvalue weighted by molar-refractivity contribution is -0.144. The minimum Gasteiger partial charge on any atom is -0.348 e. The highest BCUT2D eigenvalue weighted by molar-refractivity contribution is 7.09. The van der Waals surface area contributed by atoms with E-state index in [0.717, 1.165) is 0 Å². The maximum absolute atomic E-state index is 12.2. The molecule has 1 fully saturated rings. The van der Waals surface area contributed by atoms with Crippen molar-refractivity contribution in [1.29, 1.82) is 0 Å². The Hall–Kier alpha value is -1.38. The van der Waals surface area contributed by atoms with Gasteiger partial charge in [0.2, 0.25) is 16.9 Å². The summed E-state index contributed by atoms with van der Waals surface area (Å²) in [5, 5.41) is 2.69. The fraction of sp³-hybridized carbons (Fsp3) is 0.625. The molecule has 0 bridgehead atoms. The molecule has 17 heavy (non-hydrogen) atoms. The highest BCUT2D eigenvalue weighted by Gasteiger charge is 2.37. The molecule has 94 valence electrons. The zero-order valence-electron chi connectivity index (χ0n) is 8.78. The normalized spacial score (nSPS) is 21.1. The first-order valence-electron chi connectivity index (χ1n) is 4.80. The molecule has 1 N–H and O–H groups in total. The number of hydrogen-bond acceptors (Lipinski definition) is 5. The molecule has 5 nitrogen and oxygen atoms in total. The Kier molecular flexibility index (Phi) is 2.94. The summed E-state index contributed by atoms with van der Waals surface area (Å²) in [5.74, 6) is -1.32. The summed E-state index contributed by atoms with van der Waals surface area (Å²) in [6, 6.07) is -0.506. The van der Waals surface area contributed by atoms with Gasteiger partial charge in [0, 0.05) is 25.1 Å². The molecule has 0 aliphatic carbocycles. The Morgan fingerprint density at radius 1 is 1.53 bits per heavy atom. The number of halogens is 3. The molecule has 2 heterocycles. The van der Waals surface area contributed by atoms with Crippen LogP contribution in [0.4, 0.5) is 18.3 Å². The number of hydrogen-bond donors (Lipinski definition) is 1. The van der Waals surface area contributed by atoms with E-state index in [1.807, 2.05) is 0 Å². The van der Waals surface area contributed by atoms with Crippen molar-refractivity contribution in [2.24, 2.45) is 0 Å². The number of likely N-dealkylation sites (tertiary alicyclic amines) is 1. The van der Waals surface area contributed by atoms with Gasteiger partial charge in [-0.2, -0.15) is 22.5 Å². The number of carbonyl (C=O) groups is 1. The van der Waals surface area contributed by atoms with Crippen LogP contribution in [0.15, 0.2) is 0 Å². The number of rotatable bonds is 2. The Balaban J connectivity index is 2.05. The maximum Gasteiger partial charge on any atom is 0.452 e. The molecule has 9 heteroatoms. The van der Waals surface area contributed by atoms with Gasteiger partial charge in [0.15, 0.2) is 0 Å². The van der Waals surface area contributed by atoms with Crippen LogP contribution in [0.1, 0.15) is 12.2 Å². The van der Waals surface area contributed by atoms with Crippen molar-refractivity contribution in [2.75, 3.05) is 18.9 Å². The molecule has 0 radical (unpaired) electrons. The zero-order valence-corrected chi connectivity index (χ0v) is 9.60. The molecule has 1 amide bonds. The Bertz CT molecular complexity index is 433. The van der Waals surface area contributed by atoms with E-state index in [-0.39, 0.29) is 11.0 Å². The van der Waals surface area contributed by atoms with Crippen LogP contribution in [0.5, 0.6) is 0 Å². The van der Waals surface area contributed by atoms with E-state index in [1.54, 1.807) is 7.05 Å². The molecule has 1 aromatic heterocycles. The number of anilines is 1. The lowest BCUT2D eigenvalue weighted by atomic mass is 10.2. The first kappa shape index (κ1) is 12.1. The van der Waals surface area contributed by atoms with E-state index in [1.165, 1.54) is 4.90 Å². The number of amides is 1. The van der Waals surface area contributed by atoms with E-state index in [0.29, 0.717) is 24.5 Å². The number of likely N-dealkylation sites (N-methyl/N-ethyl adjacent to an activating group) is 1. The van der Waals surface area contributed by atoms with Crippen molar-refractivity contribution in [3.05, 3.63) is 5.82 Å². The largest absolute Gasteiger partial charge is 0.452 e. The number of carbonyl (C=O) groups excluding carboxylic acids is 1. The SMILES string of the molecule is CN1CCC(Nc2nc(C(F)(F)F)ns2)C1=O. The van der Waals surface area contributed by atoms with Gasteiger partial charge < -0.3 is 10.2 Å². The minimum atomic E-state index is -4.55. The van der Waals surface area contributed by atoms with Crippen LogP contribution in [0.3, 0.4) is 0 Å². The van der Waals surface area contributed by atoms with Crippen molar-refractivity contribution in [3.8, 4) is 0 Å². The van der Waals surface area contributed by atoms with Crippen LogP contribution >= 0.6 is 11.5 Å². The second-order valence-corrected chi connectivity index (χ2v) is 4.42. The summed E-state index contributed by atoms with van der Waals surface area (Å²) in [4.78, 5) is 16.3. The minimum absolute atomic E-state index is 0.0194. The van der Waals surface area contributed by atoms with Crippen LogP contribution < -0.4 is 5.32 Å². The number of nitrogens with one attached hydrogen (secondary N) is 1. The molecular formula is C8H9F3N4OS. The van der Waals surface area contributed by atoms with Crippen LogP contribution in [0, 0.1) is 0 Å². The topological polar surface area (TPSA) is 58.1 Å². The van der Waals surface area contributed by atoms with Gasteiger partial charge in [-0.25, -0.2) is 0 Å². The van der Waals surface area contributed by atoms with Crippen LogP contribution in [-0.2, 0) is 11.0 Å². The summed E-state index contributed by atoms with van der Waals surface area (Å²) in [5.41, 5.74) is 0. The lowest BCUT2D eigenvalue weighted by Gasteiger charge is -2.10. The van der Waals surface area contributed by atoms with Gasteiger partial charge in [0.1, 0.15) is 6.04 Å². The molecule has 0 aromatic carbocycles. The molecule has 0 saturated carbocycles. The van der Waals surface area contributed by atoms with E-state index in [2.05, 4.69) is 14.7 Å². The predicted octanol–water partition coefficient (Wildman–Crippen LogP) is 1.20.